The van der Waals surface area contributed by atoms with Crippen molar-refractivity contribution in [3.05, 3.63) is 35.4 Å². The monoisotopic (exact) mass is 236 g/mol. The van der Waals surface area contributed by atoms with Gasteiger partial charge in [-0.1, -0.05) is 29.4 Å². The first-order valence-corrected chi connectivity index (χ1v) is 5.55. The van der Waals surface area contributed by atoms with Gasteiger partial charge in [-0.05, 0) is 19.7 Å². The molecule has 0 saturated heterocycles. The SMILES string of the molecule is CN(C)CCNCc1ccc(/C(N)=N/O)cc1. The molecule has 0 aromatic heterocycles. The summed E-state index contributed by atoms with van der Waals surface area (Å²) >= 11 is 0. The molecule has 0 saturated carbocycles. The summed E-state index contributed by atoms with van der Waals surface area (Å²) in [4.78, 5) is 2.13. The molecule has 1 aromatic carbocycles. The van der Waals surface area contributed by atoms with Crippen LogP contribution in [-0.4, -0.2) is 43.1 Å². The summed E-state index contributed by atoms with van der Waals surface area (Å²) in [5.41, 5.74) is 7.38. The van der Waals surface area contributed by atoms with Crippen molar-refractivity contribution in [3.8, 4) is 0 Å². The maximum absolute atomic E-state index is 8.53. The van der Waals surface area contributed by atoms with E-state index in [1.165, 1.54) is 5.56 Å². The van der Waals surface area contributed by atoms with Crippen LogP contribution in [-0.2, 0) is 6.54 Å². The summed E-state index contributed by atoms with van der Waals surface area (Å²) in [6.45, 7) is 2.79. The molecular weight excluding hydrogens is 216 g/mol. The van der Waals surface area contributed by atoms with Crippen LogP contribution in [0.4, 0.5) is 0 Å². The molecule has 0 bridgehead atoms. The molecule has 4 N–H and O–H groups in total. The molecule has 17 heavy (non-hydrogen) atoms. The normalized spacial score (nSPS) is 12.1. The van der Waals surface area contributed by atoms with Gasteiger partial charge in [-0.2, -0.15) is 0 Å². The summed E-state index contributed by atoms with van der Waals surface area (Å²) in [5.74, 6) is 0.136. The number of oxime groups is 1. The fraction of sp³-hybridized carbons (Fsp3) is 0.417. The first-order valence-electron chi connectivity index (χ1n) is 5.55. The first kappa shape index (κ1) is 13.5. The highest BCUT2D eigenvalue weighted by Gasteiger charge is 1.99. The highest BCUT2D eigenvalue weighted by Crippen LogP contribution is 2.03. The van der Waals surface area contributed by atoms with Crippen molar-refractivity contribution >= 4 is 5.84 Å². The van der Waals surface area contributed by atoms with Crippen molar-refractivity contribution in [2.45, 2.75) is 6.54 Å². The van der Waals surface area contributed by atoms with Gasteiger partial charge in [0.1, 0.15) is 0 Å². The molecule has 0 heterocycles. The Labute approximate surface area is 102 Å². The third kappa shape index (κ3) is 4.84. The fourth-order valence-corrected chi connectivity index (χ4v) is 1.39. The number of hydrogen-bond donors (Lipinski definition) is 3. The third-order valence-electron chi connectivity index (χ3n) is 2.42. The molecule has 0 atom stereocenters. The summed E-state index contributed by atoms with van der Waals surface area (Å²) in [5, 5.41) is 14.8. The number of amidine groups is 1. The smallest absolute Gasteiger partial charge is 0.170 e. The minimum absolute atomic E-state index is 0.136. The lowest BCUT2D eigenvalue weighted by Gasteiger charge is -2.10. The van der Waals surface area contributed by atoms with Crippen molar-refractivity contribution in [2.75, 3.05) is 27.2 Å². The zero-order valence-corrected chi connectivity index (χ0v) is 10.3. The maximum Gasteiger partial charge on any atom is 0.170 e. The molecule has 5 nitrogen and oxygen atoms in total. The molecule has 1 aromatic rings. The second-order valence-corrected chi connectivity index (χ2v) is 4.16. The summed E-state index contributed by atoms with van der Waals surface area (Å²) in [6, 6.07) is 7.63. The van der Waals surface area contributed by atoms with Crippen LogP contribution >= 0.6 is 0 Å². The molecule has 0 radical (unpaired) electrons. The topological polar surface area (TPSA) is 73.9 Å². The van der Waals surface area contributed by atoms with Gasteiger partial charge in [-0.3, -0.25) is 0 Å². The Kier molecular flexibility index (Phi) is 5.45. The maximum atomic E-state index is 8.53. The molecule has 1 rings (SSSR count). The van der Waals surface area contributed by atoms with E-state index < -0.39 is 0 Å². The average molecular weight is 236 g/mol. The molecule has 0 aliphatic carbocycles. The van der Waals surface area contributed by atoms with Crippen molar-refractivity contribution in [3.63, 3.8) is 0 Å². The van der Waals surface area contributed by atoms with E-state index in [2.05, 4.69) is 15.4 Å². The third-order valence-corrected chi connectivity index (χ3v) is 2.42. The molecule has 5 heteroatoms. The van der Waals surface area contributed by atoms with Gasteiger partial charge in [0, 0.05) is 25.2 Å². The summed E-state index contributed by atoms with van der Waals surface area (Å²) in [6.07, 6.45) is 0. The van der Waals surface area contributed by atoms with Gasteiger partial charge in [-0.25, -0.2) is 0 Å². The molecule has 0 fully saturated rings. The van der Waals surface area contributed by atoms with E-state index in [1.807, 2.05) is 38.4 Å². The van der Waals surface area contributed by atoms with E-state index in [0.717, 1.165) is 25.2 Å². The Bertz CT molecular complexity index is 359. The van der Waals surface area contributed by atoms with E-state index in [1.54, 1.807) is 0 Å². The van der Waals surface area contributed by atoms with Crippen molar-refractivity contribution in [1.82, 2.24) is 10.2 Å². The van der Waals surface area contributed by atoms with Crippen LogP contribution in [0.3, 0.4) is 0 Å². The number of nitrogens with zero attached hydrogens (tertiary/aromatic N) is 2. The van der Waals surface area contributed by atoms with Crippen LogP contribution in [0.25, 0.3) is 0 Å². The Balaban J connectivity index is 2.41. The Morgan fingerprint density at radius 2 is 2.00 bits per heavy atom. The van der Waals surface area contributed by atoms with Gasteiger partial charge in [0.15, 0.2) is 5.84 Å². The average Bonchev–Trinajstić information content (AvgIpc) is 2.34. The first-order chi connectivity index (χ1) is 8.13. The largest absolute Gasteiger partial charge is 0.409 e. The lowest BCUT2D eigenvalue weighted by Crippen LogP contribution is -2.26. The van der Waals surface area contributed by atoms with E-state index in [0.29, 0.717) is 0 Å². The van der Waals surface area contributed by atoms with Crippen molar-refractivity contribution in [2.24, 2.45) is 10.9 Å². The molecule has 94 valence electrons. The highest BCUT2D eigenvalue weighted by molar-refractivity contribution is 5.96. The van der Waals surface area contributed by atoms with E-state index in [9.17, 15) is 0 Å². The lowest BCUT2D eigenvalue weighted by molar-refractivity contribution is 0.318. The van der Waals surface area contributed by atoms with E-state index in [-0.39, 0.29) is 5.84 Å². The summed E-state index contributed by atoms with van der Waals surface area (Å²) in [7, 11) is 4.10. The van der Waals surface area contributed by atoms with Crippen molar-refractivity contribution < 1.29 is 5.21 Å². The highest BCUT2D eigenvalue weighted by atomic mass is 16.4. The van der Waals surface area contributed by atoms with Crippen LogP contribution in [0.15, 0.2) is 29.4 Å². The summed E-state index contributed by atoms with van der Waals surface area (Å²) < 4.78 is 0. The minimum atomic E-state index is 0.136. The van der Waals surface area contributed by atoms with Gasteiger partial charge < -0.3 is 21.2 Å². The Hall–Kier alpha value is -1.59. The van der Waals surface area contributed by atoms with Crippen LogP contribution in [0.2, 0.25) is 0 Å². The fourth-order valence-electron chi connectivity index (χ4n) is 1.39. The van der Waals surface area contributed by atoms with Gasteiger partial charge in [0.2, 0.25) is 0 Å². The van der Waals surface area contributed by atoms with Gasteiger partial charge in [-0.15, -0.1) is 0 Å². The number of rotatable bonds is 6. The molecular formula is C12H20N4O. The molecule has 0 amide bonds. The second kappa shape index (κ2) is 6.88. The van der Waals surface area contributed by atoms with Crippen LogP contribution < -0.4 is 11.1 Å². The molecule has 0 spiro atoms. The number of nitrogens with one attached hydrogen (secondary N) is 1. The molecule has 0 aliphatic heterocycles. The lowest BCUT2D eigenvalue weighted by atomic mass is 10.1. The van der Waals surface area contributed by atoms with E-state index in [4.69, 9.17) is 10.9 Å². The standard InChI is InChI=1S/C12H20N4O/c1-16(2)8-7-14-9-10-3-5-11(6-4-10)12(13)15-17/h3-6,14,17H,7-9H2,1-2H3,(H2,13,15). The predicted molar refractivity (Wildman–Crippen MR) is 69.2 cm³/mol. The van der Waals surface area contributed by atoms with Crippen LogP contribution in [0.1, 0.15) is 11.1 Å². The number of hydrogen-bond acceptors (Lipinski definition) is 4. The number of likely N-dealkylation sites (N-methyl/N-ethyl adjacent to an activating group) is 1. The Morgan fingerprint density at radius 1 is 1.35 bits per heavy atom. The van der Waals surface area contributed by atoms with Gasteiger partial charge >= 0.3 is 0 Å². The zero-order chi connectivity index (χ0) is 12.7. The Morgan fingerprint density at radius 3 is 2.53 bits per heavy atom. The number of nitrogens with two attached hydrogens (primary N) is 1. The molecule has 0 aliphatic rings. The van der Waals surface area contributed by atoms with Gasteiger partial charge in [0.05, 0.1) is 0 Å². The quantitative estimate of drug-likeness (QED) is 0.220. The zero-order valence-electron chi connectivity index (χ0n) is 10.3. The van der Waals surface area contributed by atoms with E-state index >= 15 is 0 Å². The number of benzene rings is 1. The van der Waals surface area contributed by atoms with Crippen LogP contribution in [0.5, 0.6) is 0 Å². The predicted octanol–water partition coefficient (Wildman–Crippen LogP) is 0.432. The van der Waals surface area contributed by atoms with Crippen LogP contribution in [0, 0.1) is 0 Å². The molecule has 0 unspecified atom stereocenters. The van der Waals surface area contributed by atoms with Gasteiger partial charge in [0.25, 0.3) is 0 Å². The van der Waals surface area contributed by atoms with Crippen molar-refractivity contribution in [1.29, 1.82) is 0 Å². The second-order valence-electron chi connectivity index (χ2n) is 4.16. The minimum Gasteiger partial charge on any atom is -0.409 e.